The van der Waals surface area contributed by atoms with Gasteiger partial charge in [-0.25, -0.2) is 10.4 Å². The first kappa shape index (κ1) is 22.3. The van der Waals surface area contributed by atoms with Crippen LogP contribution >= 0.6 is 0 Å². The molecule has 9 heteroatoms. The smallest absolute Gasteiger partial charge is 0.287 e. The summed E-state index contributed by atoms with van der Waals surface area (Å²) in [5.74, 6) is 1.17. The normalized spacial score (nSPS) is 14.1. The maximum Gasteiger partial charge on any atom is 0.287 e. The Morgan fingerprint density at radius 3 is 2.76 bits per heavy atom. The minimum atomic E-state index is -0.311. The molecule has 3 aromatic rings. The van der Waals surface area contributed by atoms with Gasteiger partial charge in [0.05, 0.1) is 19.1 Å². The summed E-state index contributed by atoms with van der Waals surface area (Å²) < 4.78 is 13.0. The van der Waals surface area contributed by atoms with Crippen molar-refractivity contribution in [3.8, 4) is 5.75 Å². The standard InChI is InChI=1S/C24H27N5O4/c1-16-21-19(27-28-23(30)17-7-9-18(32-2)10-8-17)5-3-6-20(21)33-22(16)24(31)26-11-4-13-29-14-12-25-15-29/h7-10,12,14-15H,3-6,11,13H2,1-2H3,(H,26,31)(H,28,30)/b27-19+. The number of nitrogens with one attached hydrogen (secondary N) is 2. The molecule has 33 heavy (non-hydrogen) atoms. The van der Waals surface area contributed by atoms with Gasteiger partial charge in [0.25, 0.3) is 11.8 Å². The van der Waals surface area contributed by atoms with E-state index >= 15 is 0 Å². The Labute approximate surface area is 191 Å². The number of rotatable bonds is 8. The zero-order valence-corrected chi connectivity index (χ0v) is 18.8. The van der Waals surface area contributed by atoms with E-state index in [-0.39, 0.29) is 11.8 Å². The molecule has 0 aliphatic heterocycles. The van der Waals surface area contributed by atoms with Gasteiger partial charge in [0.1, 0.15) is 11.5 Å². The van der Waals surface area contributed by atoms with Gasteiger partial charge in [-0.2, -0.15) is 5.10 Å². The van der Waals surface area contributed by atoms with Gasteiger partial charge < -0.3 is 19.0 Å². The molecule has 0 saturated carbocycles. The van der Waals surface area contributed by atoms with E-state index in [4.69, 9.17) is 9.15 Å². The van der Waals surface area contributed by atoms with Crippen molar-refractivity contribution in [1.29, 1.82) is 0 Å². The Kier molecular flexibility index (Phi) is 6.87. The summed E-state index contributed by atoms with van der Waals surface area (Å²) in [4.78, 5) is 29.2. The number of ether oxygens (including phenoxy) is 1. The summed E-state index contributed by atoms with van der Waals surface area (Å²) in [6, 6.07) is 6.81. The van der Waals surface area contributed by atoms with Crippen LogP contribution in [0.1, 0.15) is 57.1 Å². The van der Waals surface area contributed by atoms with Crippen molar-refractivity contribution in [2.24, 2.45) is 5.10 Å². The summed E-state index contributed by atoms with van der Waals surface area (Å²) in [5.41, 5.74) is 5.39. The topological polar surface area (TPSA) is 111 Å². The van der Waals surface area contributed by atoms with Crippen molar-refractivity contribution in [2.45, 2.75) is 39.2 Å². The molecule has 1 aromatic carbocycles. The van der Waals surface area contributed by atoms with Crippen LogP contribution in [0.5, 0.6) is 5.75 Å². The molecule has 0 radical (unpaired) electrons. The minimum absolute atomic E-state index is 0.242. The second-order valence-corrected chi connectivity index (χ2v) is 7.85. The molecular weight excluding hydrogens is 422 g/mol. The number of aromatic nitrogens is 2. The molecule has 2 amide bonds. The molecule has 0 atom stereocenters. The highest BCUT2D eigenvalue weighted by Crippen LogP contribution is 2.29. The Balaban J connectivity index is 1.41. The third-order valence-electron chi connectivity index (χ3n) is 5.61. The average Bonchev–Trinajstić information content (AvgIpc) is 3.48. The molecule has 172 valence electrons. The lowest BCUT2D eigenvalue weighted by Gasteiger charge is -2.13. The first-order valence-corrected chi connectivity index (χ1v) is 10.9. The summed E-state index contributed by atoms with van der Waals surface area (Å²) in [7, 11) is 1.57. The molecule has 1 aliphatic rings. The molecule has 0 fully saturated rings. The lowest BCUT2D eigenvalue weighted by Crippen LogP contribution is -2.25. The number of methoxy groups -OCH3 is 1. The van der Waals surface area contributed by atoms with E-state index in [1.165, 1.54) is 0 Å². The van der Waals surface area contributed by atoms with Gasteiger partial charge in [0.2, 0.25) is 0 Å². The number of amides is 2. The van der Waals surface area contributed by atoms with Crippen molar-refractivity contribution in [3.63, 3.8) is 0 Å². The summed E-state index contributed by atoms with van der Waals surface area (Å²) >= 11 is 0. The molecule has 2 heterocycles. The van der Waals surface area contributed by atoms with E-state index in [0.717, 1.165) is 48.4 Å². The second kappa shape index (κ2) is 10.2. The van der Waals surface area contributed by atoms with Crippen LogP contribution in [0, 0.1) is 6.92 Å². The monoisotopic (exact) mass is 449 g/mol. The lowest BCUT2D eigenvalue weighted by atomic mass is 9.93. The van der Waals surface area contributed by atoms with E-state index < -0.39 is 0 Å². The van der Waals surface area contributed by atoms with Crippen LogP contribution in [-0.2, 0) is 13.0 Å². The molecule has 0 bridgehead atoms. The van der Waals surface area contributed by atoms with Crippen LogP contribution in [0.25, 0.3) is 0 Å². The van der Waals surface area contributed by atoms with E-state index in [0.29, 0.717) is 30.0 Å². The number of carbonyl (C=O) groups excluding carboxylic acids is 2. The number of fused-ring (bicyclic) bond motifs is 1. The van der Waals surface area contributed by atoms with Gasteiger partial charge in [-0.15, -0.1) is 0 Å². The molecule has 4 rings (SSSR count). The highest BCUT2D eigenvalue weighted by atomic mass is 16.5. The zero-order chi connectivity index (χ0) is 23.2. The molecule has 1 aliphatic carbocycles. The number of furan rings is 1. The number of nitrogens with zero attached hydrogens (tertiary/aromatic N) is 3. The van der Waals surface area contributed by atoms with Gasteiger partial charge in [-0.3, -0.25) is 9.59 Å². The van der Waals surface area contributed by atoms with Gasteiger partial charge in [0.15, 0.2) is 5.76 Å². The zero-order valence-electron chi connectivity index (χ0n) is 18.8. The van der Waals surface area contributed by atoms with E-state index in [1.807, 2.05) is 17.7 Å². The predicted molar refractivity (Wildman–Crippen MR) is 123 cm³/mol. The summed E-state index contributed by atoms with van der Waals surface area (Å²) in [6.07, 6.45) is 8.42. The molecule has 2 aromatic heterocycles. The van der Waals surface area contributed by atoms with Gasteiger partial charge in [0, 0.05) is 48.6 Å². The molecule has 2 N–H and O–H groups in total. The fraction of sp³-hybridized carbons (Fsp3) is 0.333. The maximum absolute atomic E-state index is 12.7. The summed E-state index contributed by atoms with van der Waals surface area (Å²) in [5, 5.41) is 7.29. The number of carbonyl (C=O) groups is 2. The minimum Gasteiger partial charge on any atom is -0.497 e. The highest BCUT2D eigenvalue weighted by molar-refractivity contribution is 6.07. The molecule has 0 unspecified atom stereocenters. The van der Waals surface area contributed by atoms with Crippen molar-refractivity contribution in [1.82, 2.24) is 20.3 Å². The highest BCUT2D eigenvalue weighted by Gasteiger charge is 2.28. The predicted octanol–water partition coefficient (Wildman–Crippen LogP) is 3.08. The number of hydrogen-bond acceptors (Lipinski definition) is 6. The number of imidazole rings is 1. The SMILES string of the molecule is COc1ccc(C(=O)N/N=C2\CCCc3oc(C(=O)NCCCn4ccnc4)c(C)c32)cc1. The van der Waals surface area contributed by atoms with Crippen LogP contribution < -0.4 is 15.5 Å². The fourth-order valence-electron chi connectivity index (χ4n) is 3.88. The first-order valence-electron chi connectivity index (χ1n) is 10.9. The average molecular weight is 450 g/mol. The number of hydrazone groups is 1. The number of hydrogen-bond donors (Lipinski definition) is 2. The molecular formula is C24H27N5O4. The van der Waals surface area contributed by atoms with Crippen LogP contribution in [0.15, 0.2) is 52.5 Å². The molecule has 9 nitrogen and oxygen atoms in total. The first-order chi connectivity index (χ1) is 16.1. The lowest BCUT2D eigenvalue weighted by molar-refractivity contribution is 0.0920. The summed E-state index contributed by atoms with van der Waals surface area (Å²) in [6.45, 7) is 3.16. The Morgan fingerprint density at radius 2 is 2.03 bits per heavy atom. The molecule has 0 spiro atoms. The number of aryl methyl sites for hydroxylation is 2. The molecule has 0 saturated heterocycles. The van der Waals surface area contributed by atoms with E-state index in [9.17, 15) is 9.59 Å². The third-order valence-corrected chi connectivity index (χ3v) is 5.61. The van der Waals surface area contributed by atoms with Crippen molar-refractivity contribution in [2.75, 3.05) is 13.7 Å². The van der Waals surface area contributed by atoms with Gasteiger partial charge >= 0.3 is 0 Å². The second-order valence-electron chi connectivity index (χ2n) is 7.85. The van der Waals surface area contributed by atoms with Gasteiger partial charge in [-0.1, -0.05) is 0 Å². The third kappa shape index (κ3) is 5.14. The van der Waals surface area contributed by atoms with Crippen LogP contribution in [0.3, 0.4) is 0 Å². The fourth-order valence-corrected chi connectivity index (χ4v) is 3.88. The van der Waals surface area contributed by atoms with Crippen LogP contribution in [0.2, 0.25) is 0 Å². The largest absolute Gasteiger partial charge is 0.497 e. The Hall–Kier alpha value is -3.88. The van der Waals surface area contributed by atoms with Crippen LogP contribution in [-0.4, -0.2) is 40.7 Å². The van der Waals surface area contributed by atoms with Crippen LogP contribution in [0.4, 0.5) is 0 Å². The van der Waals surface area contributed by atoms with Crippen molar-refractivity contribution >= 4 is 17.5 Å². The van der Waals surface area contributed by atoms with Crippen molar-refractivity contribution < 1.29 is 18.7 Å². The van der Waals surface area contributed by atoms with Gasteiger partial charge in [-0.05, 0) is 50.5 Å². The van der Waals surface area contributed by atoms with E-state index in [2.05, 4.69) is 20.8 Å². The Bertz CT molecular complexity index is 1150. The van der Waals surface area contributed by atoms with E-state index in [1.54, 1.807) is 43.9 Å². The van der Waals surface area contributed by atoms with Crippen molar-refractivity contribution in [3.05, 3.63) is 71.2 Å². The quantitative estimate of drug-likeness (QED) is 0.406. The number of benzene rings is 1. The Morgan fingerprint density at radius 1 is 1.21 bits per heavy atom. The maximum atomic E-state index is 12.7.